The maximum absolute atomic E-state index is 12.6. The second-order valence-corrected chi connectivity index (χ2v) is 6.67. The Hall–Kier alpha value is -3.38. The highest BCUT2D eigenvalue weighted by Crippen LogP contribution is 2.11. The van der Waals surface area contributed by atoms with Crippen molar-refractivity contribution in [2.24, 2.45) is 0 Å². The van der Waals surface area contributed by atoms with E-state index in [9.17, 15) is 14.4 Å². The Bertz CT molecular complexity index is 968. The van der Waals surface area contributed by atoms with Gasteiger partial charge in [-0.3, -0.25) is 9.59 Å². The van der Waals surface area contributed by atoms with E-state index in [0.717, 1.165) is 5.56 Å². The number of carbonyl (C=O) groups excluding carboxylic acids is 3. The first-order valence-corrected chi connectivity index (χ1v) is 9.24. The van der Waals surface area contributed by atoms with Crippen LogP contribution in [0.1, 0.15) is 26.5 Å². The number of amides is 1. The van der Waals surface area contributed by atoms with E-state index < -0.39 is 24.5 Å². The molecule has 1 aromatic heterocycles. The summed E-state index contributed by atoms with van der Waals surface area (Å²) < 4.78 is 10.2. The molecule has 0 spiro atoms. The third-order valence-corrected chi connectivity index (χ3v) is 4.38. The minimum absolute atomic E-state index is 0.0769. The van der Waals surface area contributed by atoms with Crippen LogP contribution in [0.5, 0.6) is 0 Å². The summed E-state index contributed by atoms with van der Waals surface area (Å²) in [7, 11) is 0. The summed E-state index contributed by atoms with van der Waals surface area (Å²) in [5, 5.41) is 3.10. The van der Waals surface area contributed by atoms with Crippen LogP contribution in [-0.2, 0) is 16.0 Å². The van der Waals surface area contributed by atoms with Crippen LogP contribution in [-0.4, -0.2) is 30.3 Å². The van der Waals surface area contributed by atoms with Crippen LogP contribution in [0.15, 0.2) is 77.4 Å². The Morgan fingerprint density at radius 3 is 2.34 bits per heavy atom. The van der Waals surface area contributed by atoms with E-state index in [4.69, 9.17) is 20.8 Å². The lowest BCUT2D eigenvalue weighted by molar-refractivity contribution is -0.144. The van der Waals surface area contributed by atoms with E-state index in [1.54, 1.807) is 30.3 Å². The molecule has 0 unspecified atom stereocenters. The molecule has 0 aliphatic carbocycles. The van der Waals surface area contributed by atoms with Gasteiger partial charge in [-0.15, -0.1) is 0 Å². The number of ketones is 1. The summed E-state index contributed by atoms with van der Waals surface area (Å²) in [6.45, 7) is -0.442. The molecule has 1 heterocycles. The summed E-state index contributed by atoms with van der Waals surface area (Å²) in [6.07, 6.45) is 1.57. The molecule has 0 aliphatic rings. The summed E-state index contributed by atoms with van der Waals surface area (Å²) >= 11 is 5.81. The molecule has 1 amide bonds. The van der Waals surface area contributed by atoms with Gasteiger partial charge in [0.25, 0.3) is 5.91 Å². The number of hydrogen-bond donors (Lipinski definition) is 1. The molecule has 7 heteroatoms. The van der Waals surface area contributed by atoms with Gasteiger partial charge in [-0.1, -0.05) is 41.9 Å². The van der Waals surface area contributed by atoms with Crippen molar-refractivity contribution in [3.05, 3.63) is 94.9 Å². The van der Waals surface area contributed by atoms with E-state index >= 15 is 0 Å². The molecule has 0 radical (unpaired) electrons. The Morgan fingerprint density at radius 2 is 1.69 bits per heavy atom. The van der Waals surface area contributed by atoms with E-state index in [0.29, 0.717) is 10.6 Å². The molecule has 0 saturated heterocycles. The van der Waals surface area contributed by atoms with Gasteiger partial charge in [0, 0.05) is 17.0 Å². The Balaban J connectivity index is 1.66. The van der Waals surface area contributed by atoms with Crippen molar-refractivity contribution in [2.75, 3.05) is 6.61 Å². The lowest BCUT2D eigenvalue weighted by Gasteiger charge is -2.17. The molecule has 1 atom stereocenters. The largest absolute Gasteiger partial charge is 0.459 e. The highest BCUT2D eigenvalue weighted by Gasteiger charge is 2.25. The smallest absolute Gasteiger partial charge is 0.329 e. The number of carbonyl (C=O) groups is 3. The first kappa shape index (κ1) is 20.4. The molecule has 0 fully saturated rings. The second kappa shape index (κ2) is 9.71. The van der Waals surface area contributed by atoms with E-state index in [1.165, 1.54) is 12.3 Å². The van der Waals surface area contributed by atoms with Crippen LogP contribution >= 0.6 is 11.6 Å². The van der Waals surface area contributed by atoms with Gasteiger partial charge < -0.3 is 14.5 Å². The summed E-state index contributed by atoms with van der Waals surface area (Å²) in [5.41, 5.74) is 1.21. The van der Waals surface area contributed by atoms with E-state index in [-0.39, 0.29) is 18.0 Å². The number of ether oxygens (including phenoxy) is 1. The standard InChI is InChI=1S/C22H18ClNO5/c23-17-10-8-16(9-11-17)19(25)14-29-22(27)18(13-15-5-2-1-3-6-15)24-21(26)20-7-4-12-28-20/h1-12,18H,13-14H2,(H,24,26)/t18-/m1/s1. The van der Waals surface area contributed by atoms with Crippen molar-refractivity contribution in [2.45, 2.75) is 12.5 Å². The minimum Gasteiger partial charge on any atom is -0.459 e. The van der Waals surface area contributed by atoms with Crippen molar-refractivity contribution in [1.82, 2.24) is 5.32 Å². The lowest BCUT2D eigenvalue weighted by Crippen LogP contribution is -2.43. The number of rotatable bonds is 8. The molecule has 0 saturated carbocycles. The number of benzene rings is 2. The number of hydrogen-bond acceptors (Lipinski definition) is 5. The van der Waals surface area contributed by atoms with Crippen molar-refractivity contribution < 1.29 is 23.5 Å². The molecule has 3 rings (SSSR count). The summed E-state index contributed by atoms with van der Waals surface area (Å²) in [4.78, 5) is 37.1. The van der Waals surface area contributed by atoms with Crippen LogP contribution in [0.25, 0.3) is 0 Å². The number of furan rings is 1. The van der Waals surface area contributed by atoms with Gasteiger partial charge in [0.1, 0.15) is 6.04 Å². The molecule has 0 aliphatic heterocycles. The molecule has 0 bridgehead atoms. The van der Waals surface area contributed by atoms with Crippen molar-refractivity contribution >= 4 is 29.3 Å². The van der Waals surface area contributed by atoms with Gasteiger partial charge in [-0.05, 0) is 42.0 Å². The molecule has 148 valence electrons. The number of Topliss-reactive ketones (excluding diaryl/α,β-unsaturated/α-hetero) is 1. The van der Waals surface area contributed by atoms with Crippen molar-refractivity contribution in [1.29, 1.82) is 0 Å². The van der Waals surface area contributed by atoms with Gasteiger partial charge in [0.15, 0.2) is 18.2 Å². The number of esters is 1. The average molecular weight is 412 g/mol. The first-order chi connectivity index (χ1) is 14.0. The predicted molar refractivity (Wildman–Crippen MR) is 107 cm³/mol. The van der Waals surface area contributed by atoms with Gasteiger partial charge in [0.05, 0.1) is 6.26 Å². The summed E-state index contributed by atoms with van der Waals surface area (Å²) in [6, 6.07) is 17.5. The Labute approximate surface area is 172 Å². The number of nitrogens with one attached hydrogen (secondary N) is 1. The second-order valence-electron chi connectivity index (χ2n) is 6.23. The topological polar surface area (TPSA) is 85.6 Å². The fraction of sp³-hybridized carbons (Fsp3) is 0.136. The van der Waals surface area contributed by atoms with Crippen molar-refractivity contribution in [3.8, 4) is 0 Å². The van der Waals surface area contributed by atoms with Gasteiger partial charge in [-0.2, -0.15) is 0 Å². The fourth-order valence-electron chi connectivity index (χ4n) is 2.64. The molecule has 3 aromatic rings. The highest BCUT2D eigenvalue weighted by atomic mass is 35.5. The molecule has 2 aromatic carbocycles. The van der Waals surface area contributed by atoms with Crippen LogP contribution < -0.4 is 5.32 Å². The zero-order valence-electron chi connectivity index (χ0n) is 15.3. The third-order valence-electron chi connectivity index (χ3n) is 4.13. The molecule has 6 nitrogen and oxygen atoms in total. The van der Waals surface area contributed by atoms with Gasteiger partial charge in [0.2, 0.25) is 0 Å². The SMILES string of the molecule is O=C(COC(=O)[C@@H](Cc1ccccc1)NC(=O)c1ccco1)c1ccc(Cl)cc1. The zero-order valence-corrected chi connectivity index (χ0v) is 16.1. The number of halogens is 1. The monoisotopic (exact) mass is 411 g/mol. The van der Waals surface area contributed by atoms with Gasteiger partial charge in [-0.25, -0.2) is 4.79 Å². The average Bonchev–Trinajstić information content (AvgIpc) is 3.27. The van der Waals surface area contributed by atoms with Crippen LogP contribution in [0, 0.1) is 0 Å². The minimum atomic E-state index is -0.979. The van der Waals surface area contributed by atoms with E-state index in [2.05, 4.69) is 5.32 Å². The first-order valence-electron chi connectivity index (χ1n) is 8.86. The quantitative estimate of drug-likeness (QED) is 0.451. The summed E-state index contributed by atoms with van der Waals surface area (Å²) in [5.74, 6) is -1.55. The van der Waals surface area contributed by atoms with Crippen LogP contribution in [0.3, 0.4) is 0 Å². The maximum Gasteiger partial charge on any atom is 0.329 e. The molecule has 29 heavy (non-hydrogen) atoms. The van der Waals surface area contributed by atoms with Crippen molar-refractivity contribution in [3.63, 3.8) is 0 Å². The van der Waals surface area contributed by atoms with Crippen LogP contribution in [0.4, 0.5) is 0 Å². The van der Waals surface area contributed by atoms with E-state index in [1.807, 2.05) is 30.3 Å². The molecule has 1 N–H and O–H groups in total. The molecular weight excluding hydrogens is 394 g/mol. The van der Waals surface area contributed by atoms with Crippen LogP contribution in [0.2, 0.25) is 5.02 Å². The Kier molecular flexibility index (Phi) is 6.81. The zero-order chi connectivity index (χ0) is 20.6. The third kappa shape index (κ3) is 5.80. The molecular formula is C22H18ClNO5. The maximum atomic E-state index is 12.6. The Morgan fingerprint density at radius 1 is 0.966 bits per heavy atom. The normalized spacial score (nSPS) is 11.5. The predicted octanol–water partition coefficient (Wildman–Crippen LogP) is 3.70. The van der Waals surface area contributed by atoms with Gasteiger partial charge >= 0.3 is 5.97 Å². The fourth-order valence-corrected chi connectivity index (χ4v) is 2.76. The highest BCUT2D eigenvalue weighted by molar-refractivity contribution is 6.30. The lowest BCUT2D eigenvalue weighted by atomic mass is 10.1.